The summed E-state index contributed by atoms with van der Waals surface area (Å²) < 4.78 is 35.6. The van der Waals surface area contributed by atoms with Gasteiger partial charge in [0, 0.05) is 49.7 Å². The third kappa shape index (κ3) is 5.11. The van der Waals surface area contributed by atoms with Crippen molar-refractivity contribution in [1.29, 1.82) is 0 Å². The SMILES string of the molecule is CC1CN(C)CCN1S(=O)(=O)N[C@H]1CC=CC[C@H](NC(=O)c2cc(C3CC3)on2)C1. The van der Waals surface area contributed by atoms with E-state index < -0.39 is 10.2 Å². The van der Waals surface area contributed by atoms with Crippen LogP contribution in [0.3, 0.4) is 0 Å². The first-order valence-corrected chi connectivity index (χ1v) is 12.2. The van der Waals surface area contributed by atoms with E-state index in [-0.39, 0.29) is 29.7 Å². The van der Waals surface area contributed by atoms with E-state index in [1.54, 1.807) is 10.4 Å². The largest absolute Gasteiger partial charge is 0.360 e. The summed E-state index contributed by atoms with van der Waals surface area (Å²) in [6.07, 6.45) is 7.91. The van der Waals surface area contributed by atoms with Crippen LogP contribution >= 0.6 is 0 Å². The second-order valence-electron chi connectivity index (χ2n) is 8.78. The number of nitrogens with one attached hydrogen (secondary N) is 2. The van der Waals surface area contributed by atoms with E-state index in [0.29, 0.717) is 38.3 Å². The van der Waals surface area contributed by atoms with Gasteiger partial charge in [0.15, 0.2) is 5.69 Å². The molecule has 1 saturated heterocycles. The third-order valence-corrected chi connectivity index (χ3v) is 7.84. The molecular formula is C20H31N5O4S. The summed E-state index contributed by atoms with van der Waals surface area (Å²) in [5, 5.41) is 6.88. The van der Waals surface area contributed by atoms with E-state index in [0.717, 1.165) is 25.1 Å². The van der Waals surface area contributed by atoms with Crippen LogP contribution in [0.1, 0.15) is 61.2 Å². The maximum atomic E-state index is 13.0. The number of rotatable bonds is 6. The Morgan fingerprint density at radius 1 is 1.20 bits per heavy atom. The molecule has 3 atom stereocenters. The highest BCUT2D eigenvalue weighted by molar-refractivity contribution is 7.87. The molecule has 1 amide bonds. The average Bonchev–Trinajstić information content (AvgIpc) is 3.44. The van der Waals surface area contributed by atoms with Crippen molar-refractivity contribution in [3.8, 4) is 0 Å². The van der Waals surface area contributed by atoms with Crippen LogP contribution in [0.2, 0.25) is 0 Å². The maximum Gasteiger partial charge on any atom is 0.280 e. The van der Waals surface area contributed by atoms with Gasteiger partial charge in [-0.3, -0.25) is 4.79 Å². The van der Waals surface area contributed by atoms with E-state index in [4.69, 9.17) is 4.52 Å². The Labute approximate surface area is 178 Å². The van der Waals surface area contributed by atoms with Gasteiger partial charge in [0.1, 0.15) is 5.76 Å². The minimum Gasteiger partial charge on any atom is -0.360 e. The van der Waals surface area contributed by atoms with Gasteiger partial charge in [0.05, 0.1) is 0 Å². The van der Waals surface area contributed by atoms with Crippen molar-refractivity contribution >= 4 is 16.1 Å². The molecule has 30 heavy (non-hydrogen) atoms. The van der Waals surface area contributed by atoms with E-state index in [1.807, 2.05) is 26.1 Å². The fourth-order valence-electron chi connectivity index (χ4n) is 4.25. The first-order chi connectivity index (χ1) is 14.3. The first kappa shape index (κ1) is 21.5. The van der Waals surface area contributed by atoms with E-state index in [9.17, 15) is 13.2 Å². The molecule has 4 rings (SSSR count). The smallest absolute Gasteiger partial charge is 0.280 e. The van der Waals surface area contributed by atoms with Gasteiger partial charge >= 0.3 is 0 Å². The van der Waals surface area contributed by atoms with E-state index in [1.165, 1.54) is 0 Å². The minimum absolute atomic E-state index is 0.0779. The molecule has 0 spiro atoms. The zero-order chi connectivity index (χ0) is 21.3. The van der Waals surface area contributed by atoms with Crippen LogP contribution in [0, 0.1) is 0 Å². The van der Waals surface area contributed by atoms with Crippen LogP contribution in [0.25, 0.3) is 0 Å². The lowest BCUT2D eigenvalue weighted by Gasteiger charge is -2.38. The quantitative estimate of drug-likeness (QED) is 0.648. The number of carbonyl (C=O) groups excluding carboxylic acids is 1. The van der Waals surface area contributed by atoms with Gasteiger partial charge in [-0.2, -0.15) is 17.4 Å². The van der Waals surface area contributed by atoms with Gasteiger partial charge in [0.2, 0.25) is 0 Å². The molecule has 10 heteroatoms. The Morgan fingerprint density at radius 2 is 1.93 bits per heavy atom. The Balaban J connectivity index is 1.36. The van der Waals surface area contributed by atoms with Gasteiger partial charge in [-0.1, -0.05) is 17.3 Å². The molecule has 166 valence electrons. The van der Waals surface area contributed by atoms with Crippen LogP contribution < -0.4 is 10.0 Å². The van der Waals surface area contributed by atoms with Gasteiger partial charge in [0.25, 0.3) is 16.1 Å². The van der Waals surface area contributed by atoms with Crippen molar-refractivity contribution in [2.24, 2.45) is 0 Å². The highest BCUT2D eigenvalue weighted by Crippen LogP contribution is 2.40. The number of piperazine rings is 1. The molecule has 1 aromatic heterocycles. The molecule has 1 saturated carbocycles. The lowest BCUT2D eigenvalue weighted by molar-refractivity contribution is 0.0925. The van der Waals surface area contributed by atoms with Crippen LogP contribution in [0.4, 0.5) is 0 Å². The Hall–Kier alpha value is -1.75. The molecule has 9 nitrogen and oxygen atoms in total. The van der Waals surface area contributed by atoms with Gasteiger partial charge < -0.3 is 14.7 Å². The molecule has 2 aliphatic carbocycles. The number of hydrogen-bond donors (Lipinski definition) is 2. The van der Waals surface area contributed by atoms with Gasteiger partial charge in [-0.05, 0) is 46.1 Å². The Bertz CT molecular complexity index is 895. The van der Waals surface area contributed by atoms with Crippen molar-refractivity contribution in [3.05, 3.63) is 29.7 Å². The zero-order valence-electron chi connectivity index (χ0n) is 17.6. The van der Waals surface area contributed by atoms with Crippen molar-refractivity contribution in [3.63, 3.8) is 0 Å². The standard InChI is InChI=1S/C20H31N5O4S/c1-14-13-24(2)9-10-25(14)30(27,28)23-17-6-4-3-5-16(11-17)21-20(26)18-12-19(29-22-18)15-7-8-15/h3-4,12,14-17,23H,5-11,13H2,1-2H3,(H,21,26)/t14?,16-,17-/m0/s1. The van der Waals surface area contributed by atoms with Crippen molar-refractivity contribution in [2.75, 3.05) is 26.7 Å². The molecule has 0 radical (unpaired) electrons. The van der Waals surface area contributed by atoms with Gasteiger partial charge in [-0.15, -0.1) is 0 Å². The molecule has 1 aromatic rings. The van der Waals surface area contributed by atoms with Crippen LogP contribution in [-0.2, 0) is 10.2 Å². The third-order valence-electron chi connectivity index (χ3n) is 6.05. The highest BCUT2D eigenvalue weighted by Gasteiger charge is 2.34. The molecule has 1 aliphatic heterocycles. The fourth-order valence-corrected chi connectivity index (χ4v) is 5.86. The molecule has 0 aromatic carbocycles. The summed E-state index contributed by atoms with van der Waals surface area (Å²) in [5.74, 6) is 0.892. The molecule has 2 fully saturated rings. The number of amides is 1. The molecule has 2 N–H and O–H groups in total. The van der Waals surface area contributed by atoms with Crippen molar-refractivity contribution in [2.45, 2.75) is 63.1 Å². The minimum atomic E-state index is -3.59. The lowest BCUT2D eigenvalue weighted by atomic mass is 10.1. The van der Waals surface area contributed by atoms with Gasteiger partial charge in [-0.25, -0.2) is 0 Å². The van der Waals surface area contributed by atoms with Crippen LogP contribution in [0.15, 0.2) is 22.7 Å². The molecule has 0 bridgehead atoms. The van der Waals surface area contributed by atoms with Crippen molar-refractivity contribution < 1.29 is 17.7 Å². The summed E-state index contributed by atoms with van der Waals surface area (Å²) in [7, 11) is -1.59. The monoisotopic (exact) mass is 437 g/mol. The maximum absolute atomic E-state index is 13.0. The zero-order valence-corrected chi connectivity index (χ0v) is 18.4. The van der Waals surface area contributed by atoms with Crippen molar-refractivity contribution in [1.82, 2.24) is 24.4 Å². The number of aromatic nitrogens is 1. The van der Waals surface area contributed by atoms with E-state index in [2.05, 4.69) is 20.1 Å². The second-order valence-corrected chi connectivity index (χ2v) is 10.4. The highest BCUT2D eigenvalue weighted by atomic mass is 32.2. The average molecular weight is 438 g/mol. The summed E-state index contributed by atoms with van der Waals surface area (Å²) in [4.78, 5) is 14.7. The first-order valence-electron chi connectivity index (χ1n) is 10.7. The Kier molecular flexibility index (Phi) is 6.29. The lowest BCUT2D eigenvalue weighted by Crippen LogP contribution is -2.57. The summed E-state index contributed by atoms with van der Waals surface area (Å²) in [5.41, 5.74) is 0.286. The number of likely N-dealkylation sites (N-methyl/N-ethyl adjacent to an activating group) is 1. The summed E-state index contributed by atoms with van der Waals surface area (Å²) in [6.45, 7) is 3.84. The predicted octanol–water partition coefficient (Wildman–Crippen LogP) is 1.23. The van der Waals surface area contributed by atoms with Crippen LogP contribution in [-0.4, -0.2) is 73.5 Å². The molecular weight excluding hydrogens is 406 g/mol. The van der Waals surface area contributed by atoms with E-state index >= 15 is 0 Å². The summed E-state index contributed by atoms with van der Waals surface area (Å²) >= 11 is 0. The molecule has 1 unspecified atom stereocenters. The number of carbonyl (C=O) groups is 1. The summed E-state index contributed by atoms with van der Waals surface area (Å²) in [6, 6.07) is 1.19. The second kappa shape index (κ2) is 8.78. The topological polar surface area (TPSA) is 108 Å². The molecule has 2 heterocycles. The number of nitrogens with zero attached hydrogens (tertiary/aromatic N) is 3. The Morgan fingerprint density at radius 3 is 2.63 bits per heavy atom. The fraction of sp³-hybridized carbons (Fsp3) is 0.700. The predicted molar refractivity (Wildman–Crippen MR) is 112 cm³/mol. The molecule has 3 aliphatic rings. The number of hydrogen-bond acceptors (Lipinski definition) is 6. The normalized spacial score (nSPS) is 28.9. The van der Waals surface area contributed by atoms with Crippen LogP contribution in [0.5, 0.6) is 0 Å².